The molecule has 156 valence electrons. The fourth-order valence-electron chi connectivity index (χ4n) is 4.86. The van der Waals surface area contributed by atoms with Crippen molar-refractivity contribution in [3.63, 3.8) is 0 Å². The van der Waals surface area contributed by atoms with Gasteiger partial charge in [-0.25, -0.2) is 4.57 Å². The molecular formula is C22H26N5O3+. The number of nitrogens with zero attached hydrogens (tertiary/aromatic N) is 3. The molecule has 0 aliphatic carbocycles. The number of fused-ring (bicyclic) bond motifs is 5. The largest absolute Gasteiger partial charge is 0.496 e. The molecule has 3 aromatic heterocycles. The molecule has 1 aliphatic heterocycles. The zero-order valence-corrected chi connectivity index (χ0v) is 18.0. The van der Waals surface area contributed by atoms with Crippen molar-refractivity contribution >= 4 is 27.8 Å². The lowest BCUT2D eigenvalue weighted by Gasteiger charge is -2.22. The molecule has 1 aromatic carbocycles. The Morgan fingerprint density at radius 1 is 1.27 bits per heavy atom. The third-order valence-corrected chi connectivity index (χ3v) is 6.38. The maximum absolute atomic E-state index is 9.94. The molecule has 8 heteroatoms. The Labute approximate surface area is 173 Å². The fraction of sp³-hybridized carbons (Fsp3) is 0.409. The molecule has 0 radical (unpaired) electrons. The summed E-state index contributed by atoms with van der Waals surface area (Å²) in [5, 5.41) is 19.6. The summed E-state index contributed by atoms with van der Waals surface area (Å²) in [6.07, 6.45) is 0. The van der Waals surface area contributed by atoms with Gasteiger partial charge in [-0.2, -0.15) is 0 Å². The van der Waals surface area contributed by atoms with Crippen LogP contribution in [0.15, 0.2) is 16.7 Å². The van der Waals surface area contributed by atoms with Crippen molar-refractivity contribution in [3.8, 4) is 16.9 Å². The lowest BCUT2D eigenvalue weighted by molar-refractivity contribution is -0.742. The van der Waals surface area contributed by atoms with Gasteiger partial charge in [0.2, 0.25) is 17.3 Å². The molecule has 1 aliphatic rings. The van der Waals surface area contributed by atoms with Crippen molar-refractivity contribution in [2.75, 3.05) is 19.0 Å². The molecule has 0 amide bonds. The molecule has 0 saturated carbocycles. The van der Waals surface area contributed by atoms with Gasteiger partial charge < -0.3 is 19.4 Å². The topological polar surface area (TPSA) is 100 Å². The molecule has 0 spiro atoms. The summed E-state index contributed by atoms with van der Waals surface area (Å²) in [7, 11) is 1.67. The highest BCUT2D eigenvalue weighted by molar-refractivity contribution is 6.12. The molecule has 0 saturated heterocycles. The van der Waals surface area contributed by atoms with Crippen molar-refractivity contribution in [1.29, 1.82) is 0 Å². The number of aryl methyl sites for hydroxylation is 3. The van der Waals surface area contributed by atoms with Crippen molar-refractivity contribution in [1.82, 2.24) is 15.1 Å². The average molecular weight is 408 g/mol. The molecule has 30 heavy (non-hydrogen) atoms. The number of H-pyrrole nitrogens is 1. The maximum Gasteiger partial charge on any atom is 0.238 e. The molecule has 4 heterocycles. The van der Waals surface area contributed by atoms with Crippen LogP contribution in [-0.2, 0) is 5.54 Å². The van der Waals surface area contributed by atoms with Crippen molar-refractivity contribution in [2.45, 2.75) is 46.2 Å². The van der Waals surface area contributed by atoms with E-state index in [0.717, 1.165) is 61.9 Å². The average Bonchev–Trinajstić information content (AvgIpc) is 3.30. The Hall–Kier alpha value is -3.13. The van der Waals surface area contributed by atoms with Gasteiger partial charge in [-0.15, -0.1) is 0 Å². The van der Waals surface area contributed by atoms with Gasteiger partial charge >= 0.3 is 0 Å². The Balaban J connectivity index is 1.85. The standard InChI is InChI=1S/C22H25N5O3/c1-10-18(11(2)30-26-10)14-7-15-13(8-16(14)29-6)19-20(24-15)23-12(3)27-21(19)25-17(9-28)22(27,4)5/h7-8,17,28H,9H2,1-6H3,(H,24,25)/p+1. The van der Waals surface area contributed by atoms with E-state index in [1.165, 1.54) is 0 Å². The minimum absolute atomic E-state index is 0.0392. The van der Waals surface area contributed by atoms with Crippen LogP contribution in [0.1, 0.15) is 31.1 Å². The molecule has 1 atom stereocenters. The van der Waals surface area contributed by atoms with E-state index in [-0.39, 0.29) is 18.2 Å². The van der Waals surface area contributed by atoms with Gasteiger partial charge in [-0.3, -0.25) is 5.32 Å². The number of benzene rings is 1. The normalized spacial score (nSPS) is 17.5. The van der Waals surface area contributed by atoms with E-state index in [0.29, 0.717) is 0 Å². The van der Waals surface area contributed by atoms with Crippen LogP contribution in [0.2, 0.25) is 0 Å². The SMILES string of the molecule is COc1cc2c(cc1-c1c(C)noc1C)[nH]c1nc(C)[n+]3c(c12)NC(CO)C3(C)C. The number of anilines is 1. The number of hydrogen-bond donors (Lipinski definition) is 3. The van der Waals surface area contributed by atoms with Crippen LogP contribution in [0.5, 0.6) is 5.75 Å². The molecule has 5 rings (SSSR count). The van der Waals surface area contributed by atoms with Crippen LogP contribution in [0.3, 0.4) is 0 Å². The predicted octanol–water partition coefficient (Wildman–Crippen LogP) is 3.11. The van der Waals surface area contributed by atoms with Crippen LogP contribution in [0.4, 0.5) is 5.82 Å². The minimum atomic E-state index is -0.306. The number of nitrogens with one attached hydrogen (secondary N) is 2. The summed E-state index contributed by atoms with van der Waals surface area (Å²) >= 11 is 0. The van der Waals surface area contributed by atoms with E-state index in [1.54, 1.807) is 7.11 Å². The number of aromatic amines is 1. The molecule has 3 N–H and O–H groups in total. The summed E-state index contributed by atoms with van der Waals surface area (Å²) in [5.74, 6) is 3.34. The molecule has 4 aromatic rings. The Kier molecular flexibility index (Phi) is 3.89. The smallest absolute Gasteiger partial charge is 0.238 e. The number of ether oxygens (including phenoxy) is 1. The third kappa shape index (κ3) is 2.34. The highest BCUT2D eigenvalue weighted by Gasteiger charge is 2.47. The van der Waals surface area contributed by atoms with Gasteiger partial charge in [0, 0.05) is 23.4 Å². The first-order valence-corrected chi connectivity index (χ1v) is 10.0. The Morgan fingerprint density at radius 2 is 2.03 bits per heavy atom. The monoisotopic (exact) mass is 408 g/mol. The second-order valence-corrected chi connectivity index (χ2v) is 8.52. The zero-order chi connectivity index (χ0) is 21.4. The summed E-state index contributed by atoms with van der Waals surface area (Å²) < 4.78 is 13.3. The summed E-state index contributed by atoms with van der Waals surface area (Å²) in [6, 6.07) is 4.00. The van der Waals surface area contributed by atoms with Gasteiger partial charge in [0.25, 0.3) is 0 Å². The zero-order valence-electron chi connectivity index (χ0n) is 18.0. The Morgan fingerprint density at radius 3 is 2.67 bits per heavy atom. The van der Waals surface area contributed by atoms with Crippen LogP contribution in [0, 0.1) is 20.8 Å². The highest BCUT2D eigenvalue weighted by Crippen LogP contribution is 2.41. The molecule has 0 fully saturated rings. The van der Waals surface area contributed by atoms with Gasteiger partial charge in [-0.1, -0.05) is 10.1 Å². The minimum Gasteiger partial charge on any atom is -0.496 e. The van der Waals surface area contributed by atoms with E-state index in [2.05, 4.69) is 39.9 Å². The second-order valence-electron chi connectivity index (χ2n) is 8.52. The van der Waals surface area contributed by atoms with Crippen LogP contribution >= 0.6 is 0 Å². The lowest BCUT2D eigenvalue weighted by Crippen LogP contribution is -2.57. The molecule has 1 unspecified atom stereocenters. The Bertz CT molecular complexity index is 1300. The first kappa shape index (κ1) is 18.9. The number of rotatable bonds is 3. The molecule has 8 nitrogen and oxygen atoms in total. The number of aliphatic hydroxyl groups excluding tert-OH is 1. The second kappa shape index (κ2) is 6.18. The predicted molar refractivity (Wildman–Crippen MR) is 114 cm³/mol. The first-order valence-electron chi connectivity index (χ1n) is 10.0. The van der Waals surface area contributed by atoms with Gasteiger partial charge in [0.05, 0.1) is 25.0 Å². The summed E-state index contributed by atoms with van der Waals surface area (Å²) in [6.45, 7) is 10.1. The van der Waals surface area contributed by atoms with E-state index in [1.807, 2.05) is 26.8 Å². The van der Waals surface area contributed by atoms with Crippen LogP contribution < -0.4 is 14.6 Å². The summed E-state index contributed by atoms with van der Waals surface area (Å²) in [5.41, 5.74) is 4.13. The van der Waals surface area contributed by atoms with Gasteiger partial charge in [0.1, 0.15) is 28.5 Å². The quantitative estimate of drug-likeness (QED) is 0.451. The van der Waals surface area contributed by atoms with E-state index in [4.69, 9.17) is 14.2 Å². The van der Waals surface area contributed by atoms with Crippen molar-refractivity contribution in [3.05, 3.63) is 29.4 Å². The van der Waals surface area contributed by atoms with E-state index < -0.39 is 0 Å². The van der Waals surface area contributed by atoms with Crippen LogP contribution in [-0.4, -0.2) is 40.0 Å². The van der Waals surface area contributed by atoms with Gasteiger partial charge in [0.15, 0.2) is 0 Å². The van der Waals surface area contributed by atoms with Crippen molar-refractivity contribution in [2.24, 2.45) is 0 Å². The van der Waals surface area contributed by atoms with E-state index >= 15 is 0 Å². The van der Waals surface area contributed by atoms with Gasteiger partial charge in [-0.05, 0) is 39.8 Å². The van der Waals surface area contributed by atoms with Crippen molar-refractivity contribution < 1.29 is 18.9 Å². The third-order valence-electron chi connectivity index (χ3n) is 6.38. The maximum atomic E-state index is 9.94. The number of hydrogen-bond acceptors (Lipinski definition) is 6. The first-order chi connectivity index (χ1) is 14.3. The number of methoxy groups -OCH3 is 1. The summed E-state index contributed by atoms with van der Waals surface area (Å²) in [4.78, 5) is 8.31. The number of aliphatic hydroxyl groups is 1. The molecule has 0 bridgehead atoms. The fourth-order valence-corrected chi connectivity index (χ4v) is 4.86. The van der Waals surface area contributed by atoms with Crippen LogP contribution in [0.25, 0.3) is 33.1 Å². The van der Waals surface area contributed by atoms with E-state index in [9.17, 15) is 5.11 Å². The molecular weight excluding hydrogens is 382 g/mol. The lowest BCUT2D eigenvalue weighted by atomic mass is 9.96. The highest BCUT2D eigenvalue weighted by atomic mass is 16.5. The number of aromatic nitrogens is 4.